The zero-order valence-electron chi connectivity index (χ0n) is 18.3. The monoisotopic (exact) mass is 422 g/mol. The maximum absolute atomic E-state index is 13.2. The highest BCUT2D eigenvalue weighted by molar-refractivity contribution is 5.99. The lowest BCUT2D eigenvalue weighted by Gasteiger charge is -2.28. The van der Waals surface area contributed by atoms with Gasteiger partial charge in [0.1, 0.15) is 12.1 Å². The Balaban J connectivity index is 2.07. The van der Waals surface area contributed by atoms with Crippen molar-refractivity contribution in [3.05, 3.63) is 0 Å². The van der Waals surface area contributed by atoms with Crippen molar-refractivity contribution in [1.29, 1.82) is 0 Å². The van der Waals surface area contributed by atoms with Crippen LogP contribution < -0.4 is 11.1 Å². The summed E-state index contributed by atoms with van der Waals surface area (Å²) in [4.78, 5) is 64.4. The van der Waals surface area contributed by atoms with Crippen molar-refractivity contribution in [2.45, 2.75) is 77.9 Å². The molecule has 30 heavy (non-hydrogen) atoms. The van der Waals surface area contributed by atoms with E-state index < -0.39 is 23.9 Å². The van der Waals surface area contributed by atoms with Gasteiger partial charge in [-0.15, -0.1) is 0 Å². The number of hydrogen-bond acceptors (Lipinski definition) is 5. The molecule has 0 aromatic heterocycles. The molecule has 0 saturated carbocycles. The zero-order valence-corrected chi connectivity index (χ0v) is 18.3. The summed E-state index contributed by atoms with van der Waals surface area (Å²) in [5.41, 5.74) is 5.25. The predicted octanol–water partition coefficient (Wildman–Crippen LogP) is 0.210. The fourth-order valence-electron chi connectivity index (χ4n) is 4.22. The number of rotatable bonds is 9. The van der Waals surface area contributed by atoms with E-state index in [9.17, 15) is 24.0 Å². The zero-order chi connectivity index (χ0) is 22.6. The van der Waals surface area contributed by atoms with E-state index in [1.807, 2.05) is 13.8 Å². The molecule has 0 bridgehead atoms. The van der Waals surface area contributed by atoms with Crippen molar-refractivity contribution in [2.24, 2.45) is 17.6 Å². The molecule has 2 saturated heterocycles. The van der Waals surface area contributed by atoms with Crippen molar-refractivity contribution in [3.63, 3.8) is 0 Å². The third-order valence-electron chi connectivity index (χ3n) is 6.01. The van der Waals surface area contributed by atoms with Crippen molar-refractivity contribution in [1.82, 2.24) is 15.1 Å². The van der Waals surface area contributed by atoms with E-state index in [1.165, 1.54) is 16.7 Å². The van der Waals surface area contributed by atoms with Gasteiger partial charge >= 0.3 is 0 Å². The molecular weight excluding hydrogens is 388 g/mol. The van der Waals surface area contributed by atoms with Crippen LogP contribution in [0.5, 0.6) is 0 Å². The molecule has 0 aliphatic carbocycles. The fraction of sp³-hybridized carbons (Fsp3) is 0.762. The van der Waals surface area contributed by atoms with Gasteiger partial charge in [0.2, 0.25) is 23.6 Å². The van der Waals surface area contributed by atoms with Gasteiger partial charge in [0, 0.05) is 25.8 Å². The summed E-state index contributed by atoms with van der Waals surface area (Å²) in [6, 6.07) is -1.68. The van der Waals surface area contributed by atoms with Gasteiger partial charge in [-0.3, -0.25) is 24.0 Å². The van der Waals surface area contributed by atoms with Crippen LogP contribution in [-0.4, -0.2) is 70.4 Å². The number of primary amides is 1. The van der Waals surface area contributed by atoms with E-state index in [2.05, 4.69) is 5.32 Å². The minimum atomic E-state index is -0.669. The Labute approximate surface area is 177 Å². The second kappa shape index (κ2) is 10.0. The van der Waals surface area contributed by atoms with E-state index in [4.69, 9.17) is 5.73 Å². The molecule has 0 aromatic carbocycles. The number of amides is 4. The van der Waals surface area contributed by atoms with Gasteiger partial charge in [-0.2, -0.15) is 0 Å². The van der Waals surface area contributed by atoms with Crippen LogP contribution >= 0.6 is 0 Å². The normalized spacial score (nSPS) is 22.8. The molecule has 2 heterocycles. The van der Waals surface area contributed by atoms with Crippen LogP contribution in [0.4, 0.5) is 0 Å². The smallest absolute Gasteiger partial charge is 0.245 e. The topological polar surface area (TPSA) is 130 Å². The first-order chi connectivity index (χ1) is 14.0. The highest BCUT2D eigenvalue weighted by Gasteiger charge is 2.51. The quantitative estimate of drug-likeness (QED) is 0.549. The molecule has 168 valence electrons. The van der Waals surface area contributed by atoms with Crippen molar-refractivity contribution < 1.29 is 24.0 Å². The SMILES string of the molecule is CC(=O)NC(CCC(C)C)C(=O)N1CC(=O)C2C1CCN2C(=O)CCC(C)C(N)=O. The second-order valence-electron chi connectivity index (χ2n) is 8.89. The van der Waals surface area contributed by atoms with E-state index in [-0.39, 0.29) is 42.5 Å². The molecular formula is C21H34N4O5. The van der Waals surface area contributed by atoms with Gasteiger partial charge in [-0.1, -0.05) is 20.8 Å². The molecule has 9 nitrogen and oxygen atoms in total. The molecule has 2 rings (SSSR count). The summed E-state index contributed by atoms with van der Waals surface area (Å²) in [5, 5.41) is 2.72. The highest BCUT2D eigenvalue weighted by Crippen LogP contribution is 2.31. The Morgan fingerprint density at radius 1 is 1.10 bits per heavy atom. The summed E-state index contributed by atoms with van der Waals surface area (Å²) < 4.78 is 0. The molecule has 4 unspecified atom stereocenters. The van der Waals surface area contributed by atoms with Crippen LogP contribution in [0.3, 0.4) is 0 Å². The van der Waals surface area contributed by atoms with E-state index in [1.54, 1.807) is 6.92 Å². The number of nitrogens with two attached hydrogens (primary N) is 1. The van der Waals surface area contributed by atoms with Crippen LogP contribution in [0.1, 0.15) is 59.8 Å². The summed E-state index contributed by atoms with van der Waals surface area (Å²) in [6.07, 6.45) is 2.27. The summed E-state index contributed by atoms with van der Waals surface area (Å²) in [7, 11) is 0. The summed E-state index contributed by atoms with van der Waals surface area (Å²) in [5.74, 6) is -1.40. The Morgan fingerprint density at radius 2 is 1.77 bits per heavy atom. The Hall–Kier alpha value is -2.45. The molecule has 4 atom stereocenters. The lowest BCUT2D eigenvalue weighted by Crippen LogP contribution is -2.50. The van der Waals surface area contributed by atoms with Gasteiger partial charge in [-0.25, -0.2) is 0 Å². The minimum absolute atomic E-state index is 0.0482. The number of nitrogens with zero attached hydrogens (tertiary/aromatic N) is 2. The number of nitrogens with one attached hydrogen (secondary N) is 1. The average molecular weight is 423 g/mol. The number of Topliss-reactive ketones (excluding diaryl/α,β-unsaturated/α-hetero) is 1. The second-order valence-corrected chi connectivity index (χ2v) is 8.89. The lowest BCUT2D eigenvalue weighted by atomic mass is 10.0. The lowest BCUT2D eigenvalue weighted by molar-refractivity contribution is -0.137. The Kier molecular flexibility index (Phi) is 7.97. The van der Waals surface area contributed by atoms with E-state index in [0.717, 1.165) is 6.42 Å². The number of fused-ring (bicyclic) bond motifs is 1. The molecule has 2 aliphatic heterocycles. The predicted molar refractivity (Wildman–Crippen MR) is 110 cm³/mol. The molecule has 9 heteroatoms. The number of carbonyl (C=O) groups excluding carboxylic acids is 5. The van der Waals surface area contributed by atoms with E-state index >= 15 is 0 Å². The van der Waals surface area contributed by atoms with Gasteiger partial charge in [0.25, 0.3) is 0 Å². The van der Waals surface area contributed by atoms with Gasteiger partial charge in [-0.05, 0) is 31.6 Å². The van der Waals surface area contributed by atoms with Crippen molar-refractivity contribution in [2.75, 3.05) is 13.1 Å². The Morgan fingerprint density at radius 3 is 2.33 bits per heavy atom. The largest absolute Gasteiger partial charge is 0.369 e. The first kappa shape index (κ1) is 23.8. The van der Waals surface area contributed by atoms with Crippen LogP contribution in [0.2, 0.25) is 0 Å². The molecule has 2 aliphatic rings. The van der Waals surface area contributed by atoms with Crippen LogP contribution in [-0.2, 0) is 24.0 Å². The molecule has 0 radical (unpaired) electrons. The van der Waals surface area contributed by atoms with Crippen molar-refractivity contribution >= 4 is 29.4 Å². The number of ketones is 1. The van der Waals surface area contributed by atoms with Gasteiger partial charge in [0.15, 0.2) is 5.78 Å². The summed E-state index contributed by atoms with van der Waals surface area (Å²) >= 11 is 0. The van der Waals surface area contributed by atoms with Crippen LogP contribution in [0.25, 0.3) is 0 Å². The summed E-state index contributed by atoms with van der Waals surface area (Å²) in [6.45, 7) is 7.48. The maximum atomic E-state index is 13.2. The standard InChI is InChI=1S/C21H34N4O5/c1-12(2)5-7-15(23-14(4)26)21(30)25-11-17(27)19-16(25)9-10-24(19)18(28)8-6-13(3)20(22)29/h12-13,15-16,19H,5-11H2,1-4H3,(H2,22,29)(H,23,26). The molecule has 0 aromatic rings. The third kappa shape index (κ3) is 5.58. The van der Waals surface area contributed by atoms with Gasteiger partial charge < -0.3 is 20.9 Å². The first-order valence-corrected chi connectivity index (χ1v) is 10.7. The Bertz CT molecular complexity index is 708. The number of carbonyl (C=O) groups is 5. The molecule has 0 spiro atoms. The van der Waals surface area contributed by atoms with Gasteiger partial charge in [0.05, 0.1) is 12.6 Å². The third-order valence-corrected chi connectivity index (χ3v) is 6.01. The molecule has 2 fully saturated rings. The molecule has 3 N–H and O–H groups in total. The minimum Gasteiger partial charge on any atom is -0.369 e. The number of hydrogen-bond donors (Lipinski definition) is 2. The van der Waals surface area contributed by atoms with Crippen LogP contribution in [0.15, 0.2) is 0 Å². The van der Waals surface area contributed by atoms with E-state index in [0.29, 0.717) is 31.7 Å². The van der Waals surface area contributed by atoms with Crippen molar-refractivity contribution in [3.8, 4) is 0 Å². The van der Waals surface area contributed by atoms with Crippen LogP contribution in [0, 0.1) is 11.8 Å². The number of likely N-dealkylation sites (tertiary alicyclic amines) is 2. The fourth-order valence-corrected chi connectivity index (χ4v) is 4.22. The molecule has 4 amide bonds. The highest BCUT2D eigenvalue weighted by atomic mass is 16.2. The first-order valence-electron chi connectivity index (χ1n) is 10.7. The maximum Gasteiger partial charge on any atom is 0.245 e. The average Bonchev–Trinajstić information content (AvgIpc) is 3.23.